The highest BCUT2D eigenvalue weighted by Crippen LogP contribution is 2.21. The maximum atomic E-state index is 12.1. The molecule has 6 nitrogen and oxygen atoms in total. The third kappa shape index (κ3) is 3.46. The van der Waals surface area contributed by atoms with Gasteiger partial charge in [0.2, 0.25) is 5.91 Å². The molecule has 1 aromatic carbocycles. The van der Waals surface area contributed by atoms with Gasteiger partial charge in [-0.05, 0) is 41.8 Å². The van der Waals surface area contributed by atoms with Crippen molar-refractivity contribution in [2.75, 3.05) is 5.32 Å². The van der Waals surface area contributed by atoms with Crippen molar-refractivity contribution in [1.82, 2.24) is 19.8 Å². The number of fused-ring (bicyclic) bond motifs is 1. The van der Waals surface area contributed by atoms with Gasteiger partial charge in [-0.2, -0.15) is 9.61 Å². The molecule has 0 spiro atoms. The SMILES string of the molecule is O=C(/C=C/c1cccs1)Nc1cccc(-c2ccc3nncn3n2)c1. The summed E-state index contributed by atoms with van der Waals surface area (Å²) in [5.74, 6) is -0.173. The fourth-order valence-electron chi connectivity index (χ4n) is 2.37. The van der Waals surface area contributed by atoms with E-state index in [-0.39, 0.29) is 5.91 Å². The Morgan fingerprint density at radius 1 is 1.16 bits per heavy atom. The highest BCUT2D eigenvalue weighted by Gasteiger charge is 2.05. The van der Waals surface area contributed by atoms with Crippen LogP contribution in [0, 0.1) is 0 Å². The van der Waals surface area contributed by atoms with Gasteiger partial charge in [0.15, 0.2) is 5.65 Å². The highest BCUT2D eigenvalue weighted by atomic mass is 32.1. The molecule has 25 heavy (non-hydrogen) atoms. The molecule has 0 aliphatic carbocycles. The van der Waals surface area contributed by atoms with Gasteiger partial charge in [0.25, 0.3) is 0 Å². The molecule has 0 bridgehead atoms. The molecule has 0 saturated carbocycles. The second kappa shape index (κ2) is 6.66. The third-order valence-corrected chi connectivity index (χ3v) is 4.37. The van der Waals surface area contributed by atoms with E-state index in [1.807, 2.05) is 53.9 Å². The summed E-state index contributed by atoms with van der Waals surface area (Å²) >= 11 is 1.58. The van der Waals surface area contributed by atoms with Crippen LogP contribution < -0.4 is 5.32 Å². The van der Waals surface area contributed by atoms with E-state index >= 15 is 0 Å². The smallest absolute Gasteiger partial charge is 0.248 e. The number of anilines is 1. The van der Waals surface area contributed by atoms with E-state index in [1.165, 1.54) is 6.08 Å². The summed E-state index contributed by atoms with van der Waals surface area (Å²) in [5.41, 5.74) is 3.07. The van der Waals surface area contributed by atoms with Crippen molar-refractivity contribution in [1.29, 1.82) is 0 Å². The van der Waals surface area contributed by atoms with Gasteiger partial charge in [-0.3, -0.25) is 4.79 Å². The number of thiophene rings is 1. The maximum absolute atomic E-state index is 12.1. The fourth-order valence-corrected chi connectivity index (χ4v) is 2.98. The van der Waals surface area contributed by atoms with E-state index in [2.05, 4.69) is 20.6 Å². The fraction of sp³-hybridized carbons (Fsp3) is 0. The van der Waals surface area contributed by atoms with Crippen molar-refractivity contribution in [2.24, 2.45) is 0 Å². The minimum Gasteiger partial charge on any atom is -0.322 e. The molecule has 4 rings (SSSR count). The Kier molecular flexibility index (Phi) is 4.05. The highest BCUT2D eigenvalue weighted by molar-refractivity contribution is 7.10. The monoisotopic (exact) mass is 347 g/mol. The molecule has 122 valence electrons. The number of rotatable bonds is 4. The first-order valence-corrected chi connectivity index (χ1v) is 8.46. The topological polar surface area (TPSA) is 72.2 Å². The summed E-state index contributed by atoms with van der Waals surface area (Å²) in [6.07, 6.45) is 4.88. The zero-order valence-corrected chi connectivity index (χ0v) is 13.9. The number of hydrogen-bond donors (Lipinski definition) is 1. The number of carbonyl (C=O) groups is 1. The van der Waals surface area contributed by atoms with Gasteiger partial charge in [0.05, 0.1) is 5.69 Å². The van der Waals surface area contributed by atoms with E-state index < -0.39 is 0 Å². The molecule has 0 aliphatic heterocycles. The predicted molar refractivity (Wildman–Crippen MR) is 98.2 cm³/mol. The Morgan fingerprint density at radius 2 is 2.12 bits per heavy atom. The second-order valence-corrected chi connectivity index (χ2v) is 6.25. The van der Waals surface area contributed by atoms with Crippen LogP contribution in [0.5, 0.6) is 0 Å². The molecule has 0 atom stereocenters. The van der Waals surface area contributed by atoms with Crippen molar-refractivity contribution in [3.63, 3.8) is 0 Å². The second-order valence-electron chi connectivity index (χ2n) is 5.27. The van der Waals surface area contributed by atoms with Crippen molar-refractivity contribution >= 4 is 34.7 Å². The number of aromatic nitrogens is 4. The van der Waals surface area contributed by atoms with Crippen LogP contribution >= 0.6 is 11.3 Å². The standard InChI is InChI=1S/C18H13N5OS/c24-18(9-6-15-5-2-10-25-15)20-14-4-1-3-13(11-14)16-7-8-17-21-19-12-23(17)22-16/h1-12H,(H,20,24)/b9-6+. The molecular weight excluding hydrogens is 334 g/mol. The summed E-state index contributed by atoms with van der Waals surface area (Å²) in [4.78, 5) is 13.1. The van der Waals surface area contributed by atoms with Crippen LogP contribution in [-0.2, 0) is 4.79 Å². The largest absolute Gasteiger partial charge is 0.322 e. The average Bonchev–Trinajstić information content (AvgIpc) is 3.31. The molecule has 0 radical (unpaired) electrons. The molecule has 0 unspecified atom stereocenters. The summed E-state index contributed by atoms with van der Waals surface area (Å²) < 4.78 is 1.62. The summed E-state index contributed by atoms with van der Waals surface area (Å²) in [6.45, 7) is 0. The van der Waals surface area contributed by atoms with Gasteiger partial charge in [0.1, 0.15) is 6.33 Å². The average molecular weight is 347 g/mol. The summed E-state index contributed by atoms with van der Waals surface area (Å²) in [7, 11) is 0. The first kappa shape index (κ1) is 15.2. The van der Waals surface area contributed by atoms with E-state index in [9.17, 15) is 4.79 Å². The minimum atomic E-state index is -0.173. The normalized spacial score (nSPS) is 11.2. The van der Waals surface area contributed by atoms with Crippen LogP contribution in [0.3, 0.4) is 0 Å². The van der Waals surface area contributed by atoms with Gasteiger partial charge in [0, 0.05) is 22.2 Å². The summed E-state index contributed by atoms with van der Waals surface area (Å²) in [5, 5.41) is 17.1. The lowest BCUT2D eigenvalue weighted by Crippen LogP contribution is -2.07. The molecule has 4 aromatic rings. The molecule has 0 saturated heterocycles. The van der Waals surface area contributed by atoms with E-state index in [0.29, 0.717) is 11.3 Å². The van der Waals surface area contributed by atoms with E-state index in [4.69, 9.17) is 0 Å². The zero-order valence-electron chi connectivity index (χ0n) is 13.0. The summed E-state index contributed by atoms with van der Waals surface area (Å²) in [6, 6.07) is 15.2. The van der Waals surface area contributed by atoms with Crippen molar-refractivity contribution < 1.29 is 4.79 Å². The lowest BCUT2D eigenvalue weighted by Gasteiger charge is -2.06. The number of hydrogen-bond acceptors (Lipinski definition) is 5. The Hall–Kier alpha value is -3.32. The molecule has 3 aromatic heterocycles. The Bertz CT molecular complexity index is 1050. The maximum Gasteiger partial charge on any atom is 0.248 e. The quantitative estimate of drug-likeness (QED) is 0.574. The van der Waals surface area contributed by atoms with Gasteiger partial charge in [-0.25, -0.2) is 0 Å². The van der Waals surface area contributed by atoms with Crippen LogP contribution in [-0.4, -0.2) is 25.7 Å². The van der Waals surface area contributed by atoms with Crippen LogP contribution in [0.4, 0.5) is 5.69 Å². The molecular formula is C18H13N5OS. The lowest BCUT2D eigenvalue weighted by molar-refractivity contribution is -0.111. The Balaban J connectivity index is 1.53. The minimum absolute atomic E-state index is 0.173. The molecule has 0 aliphatic rings. The Morgan fingerprint density at radius 3 is 3.00 bits per heavy atom. The zero-order chi connectivity index (χ0) is 17.1. The number of carbonyl (C=O) groups excluding carboxylic acids is 1. The molecule has 1 N–H and O–H groups in total. The van der Waals surface area contributed by atoms with Gasteiger partial charge >= 0.3 is 0 Å². The van der Waals surface area contributed by atoms with Crippen molar-refractivity contribution in [2.45, 2.75) is 0 Å². The number of nitrogens with one attached hydrogen (secondary N) is 1. The van der Waals surface area contributed by atoms with Gasteiger partial charge in [-0.1, -0.05) is 18.2 Å². The first-order valence-electron chi connectivity index (χ1n) is 7.58. The molecule has 0 fully saturated rings. The third-order valence-electron chi connectivity index (χ3n) is 3.53. The molecule has 7 heteroatoms. The number of amides is 1. The molecule has 3 heterocycles. The van der Waals surface area contributed by atoms with E-state index in [0.717, 1.165) is 16.1 Å². The van der Waals surface area contributed by atoms with Crippen LogP contribution in [0.25, 0.3) is 23.0 Å². The lowest BCUT2D eigenvalue weighted by atomic mass is 10.1. The molecule has 1 amide bonds. The van der Waals surface area contributed by atoms with Crippen molar-refractivity contribution in [3.8, 4) is 11.3 Å². The van der Waals surface area contributed by atoms with Crippen LogP contribution in [0.15, 0.2) is 66.3 Å². The van der Waals surface area contributed by atoms with Crippen LogP contribution in [0.2, 0.25) is 0 Å². The van der Waals surface area contributed by atoms with Crippen LogP contribution in [0.1, 0.15) is 4.88 Å². The van der Waals surface area contributed by atoms with Gasteiger partial charge < -0.3 is 5.32 Å². The first-order chi connectivity index (χ1) is 12.3. The Labute approximate surface area is 147 Å². The number of nitrogens with zero attached hydrogens (tertiary/aromatic N) is 4. The van der Waals surface area contributed by atoms with Crippen molar-refractivity contribution in [3.05, 3.63) is 71.2 Å². The number of benzene rings is 1. The van der Waals surface area contributed by atoms with Gasteiger partial charge in [-0.15, -0.1) is 21.5 Å². The van der Waals surface area contributed by atoms with E-state index in [1.54, 1.807) is 28.3 Å². The predicted octanol–water partition coefficient (Wildman–Crippen LogP) is 3.50.